The van der Waals surface area contributed by atoms with Gasteiger partial charge in [-0.1, -0.05) is 13.0 Å². The lowest BCUT2D eigenvalue weighted by Gasteiger charge is -2.23. The maximum atomic E-state index is 4.59. The van der Waals surface area contributed by atoms with Gasteiger partial charge in [0.25, 0.3) is 0 Å². The highest BCUT2D eigenvalue weighted by Crippen LogP contribution is 2.19. The largest absolute Gasteiger partial charge is 0.370 e. The summed E-state index contributed by atoms with van der Waals surface area (Å²) >= 11 is 0. The molecular weight excluding hydrogens is 260 g/mol. The van der Waals surface area contributed by atoms with Crippen molar-refractivity contribution in [3.8, 4) is 0 Å². The Balaban J connectivity index is 2.13. The minimum absolute atomic E-state index is 0.815. The quantitative estimate of drug-likeness (QED) is 0.843. The summed E-state index contributed by atoms with van der Waals surface area (Å²) in [5, 5.41) is 3.33. The third kappa shape index (κ3) is 4.45. The van der Waals surface area contributed by atoms with Gasteiger partial charge in [0.1, 0.15) is 5.82 Å². The van der Waals surface area contributed by atoms with E-state index in [0.717, 1.165) is 43.3 Å². The van der Waals surface area contributed by atoms with E-state index in [1.807, 2.05) is 19.2 Å². The van der Waals surface area contributed by atoms with Crippen LogP contribution in [-0.4, -0.2) is 23.1 Å². The number of nitrogens with zero attached hydrogens (tertiary/aromatic N) is 3. The van der Waals surface area contributed by atoms with Gasteiger partial charge in [-0.15, -0.1) is 0 Å². The molecule has 0 aromatic carbocycles. The SMILES string of the molecule is CCCNc1cc(N(CC)Cc2cccc(C)n2)ccn1. The first-order valence-electron chi connectivity index (χ1n) is 7.60. The van der Waals surface area contributed by atoms with E-state index in [-0.39, 0.29) is 0 Å². The zero-order valence-corrected chi connectivity index (χ0v) is 13.1. The molecule has 4 heteroatoms. The van der Waals surface area contributed by atoms with Crippen molar-refractivity contribution in [2.75, 3.05) is 23.3 Å². The van der Waals surface area contributed by atoms with Crippen LogP contribution in [0, 0.1) is 6.92 Å². The summed E-state index contributed by atoms with van der Waals surface area (Å²) in [5.74, 6) is 0.935. The summed E-state index contributed by atoms with van der Waals surface area (Å²) in [6.45, 7) is 9.04. The maximum Gasteiger partial charge on any atom is 0.127 e. The molecule has 0 aliphatic rings. The summed E-state index contributed by atoms with van der Waals surface area (Å²) < 4.78 is 0. The van der Waals surface area contributed by atoms with E-state index in [1.165, 1.54) is 5.69 Å². The van der Waals surface area contributed by atoms with Crippen LogP contribution in [0.2, 0.25) is 0 Å². The van der Waals surface area contributed by atoms with Crippen molar-refractivity contribution in [3.05, 3.63) is 47.9 Å². The highest BCUT2D eigenvalue weighted by atomic mass is 15.1. The maximum absolute atomic E-state index is 4.59. The van der Waals surface area contributed by atoms with E-state index in [9.17, 15) is 0 Å². The summed E-state index contributed by atoms with van der Waals surface area (Å²) in [4.78, 5) is 11.3. The summed E-state index contributed by atoms with van der Waals surface area (Å²) in [6.07, 6.45) is 2.95. The lowest BCUT2D eigenvalue weighted by atomic mass is 10.2. The molecule has 2 rings (SSSR count). The number of anilines is 2. The monoisotopic (exact) mass is 284 g/mol. The standard InChI is InChI=1S/C17H24N4/c1-4-10-18-17-12-16(9-11-19-17)21(5-2)13-15-8-6-7-14(3)20-15/h6-9,11-12H,4-5,10,13H2,1-3H3,(H,18,19). The molecule has 4 nitrogen and oxygen atoms in total. The molecule has 0 amide bonds. The van der Waals surface area contributed by atoms with Gasteiger partial charge >= 0.3 is 0 Å². The Morgan fingerprint density at radius 1 is 1.19 bits per heavy atom. The summed E-state index contributed by atoms with van der Waals surface area (Å²) in [7, 11) is 0. The second-order valence-electron chi connectivity index (χ2n) is 5.11. The molecule has 0 atom stereocenters. The normalized spacial score (nSPS) is 10.4. The van der Waals surface area contributed by atoms with Gasteiger partial charge in [0.05, 0.1) is 12.2 Å². The molecule has 0 unspecified atom stereocenters. The van der Waals surface area contributed by atoms with Gasteiger partial charge in [0, 0.05) is 36.7 Å². The fraction of sp³-hybridized carbons (Fsp3) is 0.412. The first-order chi connectivity index (χ1) is 10.2. The predicted molar refractivity (Wildman–Crippen MR) is 88.7 cm³/mol. The molecule has 0 radical (unpaired) electrons. The van der Waals surface area contributed by atoms with E-state index in [4.69, 9.17) is 0 Å². The molecule has 0 bridgehead atoms. The van der Waals surface area contributed by atoms with Crippen molar-refractivity contribution in [3.63, 3.8) is 0 Å². The van der Waals surface area contributed by atoms with Gasteiger partial charge in [-0.05, 0) is 38.5 Å². The zero-order valence-electron chi connectivity index (χ0n) is 13.1. The van der Waals surface area contributed by atoms with Gasteiger partial charge in [-0.25, -0.2) is 4.98 Å². The second kappa shape index (κ2) is 7.62. The minimum atomic E-state index is 0.815. The lowest BCUT2D eigenvalue weighted by Crippen LogP contribution is -2.23. The molecule has 0 spiro atoms. The molecule has 0 fully saturated rings. The Kier molecular flexibility index (Phi) is 5.55. The predicted octanol–water partition coefficient (Wildman–Crippen LogP) is 3.63. The van der Waals surface area contributed by atoms with Crippen molar-refractivity contribution < 1.29 is 0 Å². The van der Waals surface area contributed by atoms with Crippen molar-refractivity contribution in [1.82, 2.24) is 9.97 Å². The summed E-state index contributed by atoms with van der Waals surface area (Å²) in [5.41, 5.74) is 3.33. The van der Waals surface area contributed by atoms with Gasteiger partial charge in [-0.3, -0.25) is 4.98 Å². The van der Waals surface area contributed by atoms with E-state index in [0.29, 0.717) is 0 Å². The van der Waals surface area contributed by atoms with E-state index in [2.05, 4.69) is 58.3 Å². The van der Waals surface area contributed by atoms with Gasteiger partial charge < -0.3 is 10.2 Å². The first-order valence-corrected chi connectivity index (χ1v) is 7.60. The number of aryl methyl sites for hydroxylation is 1. The van der Waals surface area contributed by atoms with Crippen LogP contribution in [0.5, 0.6) is 0 Å². The average molecular weight is 284 g/mol. The molecule has 21 heavy (non-hydrogen) atoms. The van der Waals surface area contributed by atoms with Crippen LogP contribution in [0.25, 0.3) is 0 Å². The van der Waals surface area contributed by atoms with Gasteiger partial charge in [0.2, 0.25) is 0 Å². The molecule has 0 aliphatic carbocycles. The van der Waals surface area contributed by atoms with Gasteiger partial charge in [0.15, 0.2) is 0 Å². The number of hydrogen-bond acceptors (Lipinski definition) is 4. The van der Waals surface area contributed by atoms with E-state index >= 15 is 0 Å². The molecule has 0 aliphatic heterocycles. The van der Waals surface area contributed by atoms with Crippen LogP contribution >= 0.6 is 0 Å². The van der Waals surface area contributed by atoms with Crippen molar-refractivity contribution in [1.29, 1.82) is 0 Å². The Morgan fingerprint density at radius 2 is 2.05 bits per heavy atom. The van der Waals surface area contributed by atoms with Crippen LogP contribution in [0.3, 0.4) is 0 Å². The molecular formula is C17H24N4. The van der Waals surface area contributed by atoms with Crippen molar-refractivity contribution in [2.24, 2.45) is 0 Å². The average Bonchev–Trinajstić information content (AvgIpc) is 2.51. The van der Waals surface area contributed by atoms with Crippen molar-refractivity contribution >= 4 is 11.5 Å². The topological polar surface area (TPSA) is 41.0 Å². The number of rotatable bonds is 7. The molecule has 1 N–H and O–H groups in total. The molecule has 112 valence electrons. The Morgan fingerprint density at radius 3 is 2.76 bits per heavy atom. The number of hydrogen-bond donors (Lipinski definition) is 1. The van der Waals surface area contributed by atoms with Crippen LogP contribution < -0.4 is 10.2 Å². The molecule has 2 aromatic rings. The number of aromatic nitrogens is 2. The molecule has 2 heterocycles. The van der Waals surface area contributed by atoms with E-state index < -0.39 is 0 Å². The first kappa shape index (κ1) is 15.3. The van der Waals surface area contributed by atoms with Crippen LogP contribution in [0.1, 0.15) is 31.7 Å². The Bertz CT molecular complexity index is 568. The van der Waals surface area contributed by atoms with Crippen LogP contribution in [0.4, 0.5) is 11.5 Å². The third-order valence-electron chi connectivity index (χ3n) is 3.35. The number of pyridine rings is 2. The summed E-state index contributed by atoms with van der Waals surface area (Å²) in [6, 6.07) is 10.3. The Labute approximate surface area is 127 Å². The van der Waals surface area contributed by atoms with Crippen molar-refractivity contribution in [2.45, 2.75) is 33.7 Å². The second-order valence-corrected chi connectivity index (χ2v) is 5.11. The smallest absolute Gasteiger partial charge is 0.127 e. The van der Waals surface area contributed by atoms with Gasteiger partial charge in [-0.2, -0.15) is 0 Å². The fourth-order valence-corrected chi connectivity index (χ4v) is 2.23. The molecule has 0 saturated heterocycles. The van der Waals surface area contributed by atoms with Crippen LogP contribution in [0.15, 0.2) is 36.5 Å². The van der Waals surface area contributed by atoms with Crippen LogP contribution in [-0.2, 0) is 6.54 Å². The van der Waals surface area contributed by atoms with E-state index in [1.54, 1.807) is 0 Å². The Hall–Kier alpha value is -2.10. The third-order valence-corrected chi connectivity index (χ3v) is 3.35. The fourth-order valence-electron chi connectivity index (χ4n) is 2.23. The highest BCUT2D eigenvalue weighted by molar-refractivity contribution is 5.53. The lowest BCUT2D eigenvalue weighted by molar-refractivity contribution is 0.804. The zero-order chi connectivity index (χ0) is 15.1. The molecule has 0 saturated carbocycles. The highest BCUT2D eigenvalue weighted by Gasteiger charge is 2.07. The number of nitrogens with one attached hydrogen (secondary N) is 1. The minimum Gasteiger partial charge on any atom is -0.370 e. The molecule has 2 aromatic heterocycles.